The number of hydrogen-bond donors (Lipinski definition) is 2. The summed E-state index contributed by atoms with van der Waals surface area (Å²) in [6.07, 6.45) is 4.81. The minimum absolute atomic E-state index is 0.0853. The number of nitrogens with zero attached hydrogens (tertiary/aromatic N) is 1. The van der Waals surface area contributed by atoms with Crippen LogP contribution in [-0.2, 0) is 9.84 Å². The molecule has 0 bridgehead atoms. The highest BCUT2D eigenvalue weighted by molar-refractivity contribution is 7.92. The summed E-state index contributed by atoms with van der Waals surface area (Å²) in [5, 5.41) is 3.50. The van der Waals surface area contributed by atoms with Crippen molar-refractivity contribution in [1.29, 1.82) is 0 Å². The summed E-state index contributed by atoms with van der Waals surface area (Å²) in [5.41, 5.74) is 3.17. The van der Waals surface area contributed by atoms with Gasteiger partial charge in [0.2, 0.25) is 0 Å². The normalized spacial score (nSPS) is 16.7. The number of rotatable bonds is 7. The van der Waals surface area contributed by atoms with E-state index in [1.54, 1.807) is 25.1 Å². The van der Waals surface area contributed by atoms with E-state index in [1.807, 2.05) is 25.1 Å². The van der Waals surface area contributed by atoms with Crippen LogP contribution in [0.4, 0.5) is 5.69 Å². The van der Waals surface area contributed by atoms with E-state index < -0.39 is 21.0 Å². The number of anilines is 1. The second kappa shape index (κ2) is 9.92. The van der Waals surface area contributed by atoms with E-state index in [2.05, 4.69) is 35.2 Å². The fourth-order valence-electron chi connectivity index (χ4n) is 4.82. The number of likely N-dealkylation sites (tertiary alicyclic amines) is 1. The molecule has 1 atom stereocenters. The lowest BCUT2D eigenvalue weighted by atomic mass is 9.88. The molecule has 2 heterocycles. The van der Waals surface area contributed by atoms with Crippen LogP contribution in [0.25, 0.3) is 10.9 Å². The van der Waals surface area contributed by atoms with Crippen molar-refractivity contribution in [3.05, 3.63) is 59.8 Å². The van der Waals surface area contributed by atoms with Crippen LogP contribution in [0, 0.1) is 0 Å². The van der Waals surface area contributed by atoms with Gasteiger partial charge in [0, 0.05) is 28.8 Å². The summed E-state index contributed by atoms with van der Waals surface area (Å²) in [4.78, 5) is 19.1. The first-order chi connectivity index (χ1) is 16.2. The molecule has 182 valence electrons. The Morgan fingerprint density at radius 2 is 1.82 bits per heavy atom. The van der Waals surface area contributed by atoms with Crippen LogP contribution in [0.1, 0.15) is 68.8 Å². The van der Waals surface area contributed by atoms with E-state index in [9.17, 15) is 13.2 Å². The van der Waals surface area contributed by atoms with Crippen molar-refractivity contribution in [2.24, 2.45) is 0 Å². The van der Waals surface area contributed by atoms with Gasteiger partial charge < -0.3 is 15.2 Å². The number of benzene rings is 2. The van der Waals surface area contributed by atoms with E-state index in [0.717, 1.165) is 36.8 Å². The molecule has 3 aromatic rings. The van der Waals surface area contributed by atoms with Crippen LogP contribution in [0.3, 0.4) is 0 Å². The van der Waals surface area contributed by atoms with Crippen molar-refractivity contribution in [3.8, 4) is 0 Å². The maximum absolute atomic E-state index is 13.2. The minimum atomic E-state index is -3.58. The second-order valence-electron chi connectivity index (χ2n) is 9.62. The molecule has 4 rings (SSSR count). The zero-order chi connectivity index (χ0) is 24.5. The van der Waals surface area contributed by atoms with Gasteiger partial charge in [0.05, 0.1) is 15.7 Å². The van der Waals surface area contributed by atoms with E-state index >= 15 is 0 Å². The number of H-pyrrole nitrogens is 1. The second-order valence-corrected chi connectivity index (χ2v) is 12.0. The average molecular weight is 482 g/mol. The smallest absolute Gasteiger partial charge is 0.256 e. The Bertz CT molecular complexity index is 1270. The van der Waals surface area contributed by atoms with Gasteiger partial charge in [-0.1, -0.05) is 19.1 Å². The maximum atomic E-state index is 13.2. The Hall–Kier alpha value is -2.64. The summed E-state index contributed by atoms with van der Waals surface area (Å²) in [6, 6.07) is 12.8. The summed E-state index contributed by atoms with van der Waals surface area (Å²) in [5.74, 6) is 0.0697. The van der Waals surface area contributed by atoms with Crippen LogP contribution < -0.4 is 5.32 Å². The Kier molecular flexibility index (Phi) is 7.14. The molecule has 0 radical (unpaired) electrons. The first-order valence-electron chi connectivity index (χ1n) is 12.2. The number of amides is 1. The quantitative estimate of drug-likeness (QED) is 0.461. The van der Waals surface area contributed by atoms with Gasteiger partial charge in [-0.3, -0.25) is 4.79 Å². The van der Waals surface area contributed by atoms with Crippen LogP contribution in [0.5, 0.6) is 0 Å². The van der Waals surface area contributed by atoms with Crippen LogP contribution in [-0.4, -0.2) is 48.6 Å². The van der Waals surface area contributed by atoms with Gasteiger partial charge in [0.1, 0.15) is 0 Å². The monoisotopic (exact) mass is 481 g/mol. The third-order valence-corrected chi connectivity index (χ3v) is 9.58. The molecule has 1 aromatic heterocycles. The van der Waals surface area contributed by atoms with Crippen molar-refractivity contribution < 1.29 is 13.2 Å². The van der Waals surface area contributed by atoms with E-state index in [4.69, 9.17) is 0 Å². The van der Waals surface area contributed by atoms with E-state index in [-0.39, 0.29) is 10.5 Å². The Labute approximate surface area is 202 Å². The molecule has 1 fully saturated rings. The lowest BCUT2D eigenvalue weighted by Crippen LogP contribution is -2.37. The largest absolute Gasteiger partial charge is 0.361 e. The molecule has 0 saturated carbocycles. The van der Waals surface area contributed by atoms with Crippen molar-refractivity contribution in [2.45, 2.75) is 69.1 Å². The van der Waals surface area contributed by atoms with Gasteiger partial charge in [-0.15, -0.1) is 0 Å². The minimum Gasteiger partial charge on any atom is -0.361 e. The highest BCUT2D eigenvalue weighted by Gasteiger charge is 2.27. The zero-order valence-corrected chi connectivity index (χ0v) is 21.3. The molecule has 6 nitrogen and oxygen atoms in total. The summed E-state index contributed by atoms with van der Waals surface area (Å²) < 4.78 is 26.0. The van der Waals surface area contributed by atoms with Gasteiger partial charge in [-0.25, -0.2) is 8.42 Å². The van der Waals surface area contributed by atoms with Gasteiger partial charge >= 0.3 is 0 Å². The van der Waals surface area contributed by atoms with Crippen molar-refractivity contribution in [3.63, 3.8) is 0 Å². The van der Waals surface area contributed by atoms with Crippen LogP contribution >= 0.6 is 0 Å². The first kappa shape index (κ1) is 24.5. The molecule has 0 aliphatic carbocycles. The lowest BCUT2D eigenvalue weighted by molar-refractivity contribution is 0.102. The number of aromatic nitrogens is 1. The molecule has 2 N–H and O–H groups in total. The predicted molar refractivity (Wildman–Crippen MR) is 138 cm³/mol. The number of carbonyl (C=O) groups excluding carboxylic acids is 1. The topological polar surface area (TPSA) is 82.3 Å². The maximum Gasteiger partial charge on any atom is 0.256 e. The number of aromatic amines is 1. The summed E-state index contributed by atoms with van der Waals surface area (Å²) >= 11 is 0. The third kappa shape index (κ3) is 4.77. The van der Waals surface area contributed by atoms with Crippen LogP contribution in [0.2, 0.25) is 0 Å². The molecule has 1 unspecified atom stereocenters. The number of hydrogen-bond acceptors (Lipinski definition) is 4. The van der Waals surface area contributed by atoms with E-state index in [0.29, 0.717) is 24.1 Å². The molecule has 1 aliphatic heterocycles. The van der Waals surface area contributed by atoms with Crippen LogP contribution in [0.15, 0.2) is 53.6 Å². The fourth-order valence-corrected chi connectivity index (χ4v) is 6.43. The molecule has 1 amide bonds. The number of sulfone groups is 1. The van der Waals surface area contributed by atoms with Crippen molar-refractivity contribution in [2.75, 3.05) is 18.4 Å². The standard InChI is InChI=1S/C27H35N3O3S/c1-5-19(4)34(32,33)26-9-7-6-8-22(26)27(31)29-21-10-11-25-23(16-21)24(17-28-25)20-12-14-30(15-13-20)18(2)3/h6-11,16-20,28H,5,12-15H2,1-4H3,(H,29,31). The molecule has 34 heavy (non-hydrogen) atoms. The molecular weight excluding hydrogens is 446 g/mol. The Morgan fingerprint density at radius 1 is 1.12 bits per heavy atom. The zero-order valence-electron chi connectivity index (χ0n) is 20.5. The number of carbonyl (C=O) groups is 1. The Morgan fingerprint density at radius 3 is 2.50 bits per heavy atom. The molecule has 2 aromatic carbocycles. The molecular formula is C27H35N3O3S. The lowest BCUT2D eigenvalue weighted by Gasteiger charge is -2.34. The molecule has 0 spiro atoms. The number of piperidine rings is 1. The first-order valence-corrected chi connectivity index (χ1v) is 13.8. The SMILES string of the molecule is CCC(C)S(=O)(=O)c1ccccc1C(=O)Nc1ccc2[nH]cc(C3CCN(C(C)C)CC3)c2c1. The van der Waals surface area contributed by atoms with E-state index in [1.165, 1.54) is 11.6 Å². The summed E-state index contributed by atoms with van der Waals surface area (Å²) in [6.45, 7) is 10.2. The predicted octanol–water partition coefficient (Wildman–Crippen LogP) is 5.58. The molecule has 1 saturated heterocycles. The summed E-state index contributed by atoms with van der Waals surface area (Å²) in [7, 11) is -3.58. The highest BCUT2D eigenvalue weighted by atomic mass is 32.2. The average Bonchev–Trinajstić information content (AvgIpc) is 3.26. The number of nitrogens with one attached hydrogen (secondary N) is 2. The van der Waals surface area contributed by atoms with Gasteiger partial charge in [0.25, 0.3) is 5.91 Å². The molecule has 1 aliphatic rings. The van der Waals surface area contributed by atoms with Crippen molar-refractivity contribution >= 4 is 32.3 Å². The van der Waals surface area contributed by atoms with Crippen molar-refractivity contribution in [1.82, 2.24) is 9.88 Å². The number of fused-ring (bicyclic) bond motifs is 1. The highest BCUT2D eigenvalue weighted by Crippen LogP contribution is 2.35. The van der Waals surface area contributed by atoms with Gasteiger partial charge in [-0.2, -0.15) is 0 Å². The fraction of sp³-hybridized carbons (Fsp3) is 0.444. The van der Waals surface area contributed by atoms with Gasteiger partial charge in [-0.05, 0) is 94.9 Å². The van der Waals surface area contributed by atoms with Gasteiger partial charge in [0.15, 0.2) is 9.84 Å². The Balaban J connectivity index is 1.59. The third-order valence-electron chi connectivity index (χ3n) is 7.21. The molecule has 7 heteroatoms.